The molecule has 0 radical (unpaired) electrons. The summed E-state index contributed by atoms with van der Waals surface area (Å²) in [6.45, 7) is 5.90. The van der Waals surface area contributed by atoms with Gasteiger partial charge < -0.3 is 4.90 Å². The van der Waals surface area contributed by atoms with Crippen molar-refractivity contribution in [2.45, 2.75) is 13.3 Å². The topological polar surface area (TPSA) is 3.24 Å². The molecule has 68 valence electrons. The maximum absolute atomic E-state index is 3.44. The van der Waals surface area contributed by atoms with Gasteiger partial charge in [-0.05, 0) is 25.8 Å². The molecule has 0 rings (SSSR count). The maximum atomic E-state index is 3.44. The summed E-state index contributed by atoms with van der Waals surface area (Å²) < 4.78 is 0. The van der Waals surface area contributed by atoms with E-state index in [1.807, 2.05) is 11.8 Å². The van der Waals surface area contributed by atoms with Crippen LogP contribution >= 0.6 is 27.7 Å². The number of rotatable bonds is 7. The Bertz CT molecular complexity index is 72.5. The molecule has 0 aliphatic heterocycles. The Balaban J connectivity index is 3.25. The molecule has 11 heavy (non-hydrogen) atoms. The molecule has 3 heteroatoms. The zero-order valence-corrected chi connectivity index (χ0v) is 9.88. The number of halogens is 1. The third-order valence-electron chi connectivity index (χ3n) is 1.67. The van der Waals surface area contributed by atoms with Crippen LogP contribution in [0, 0.1) is 0 Å². The second-order valence-corrected chi connectivity index (χ2v) is 4.25. The fraction of sp³-hybridized carbons (Fsp3) is 1.00. The fourth-order valence-electron chi connectivity index (χ4n) is 0.932. The molecule has 0 fully saturated rings. The van der Waals surface area contributed by atoms with Gasteiger partial charge in [-0.2, -0.15) is 11.8 Å². The third-order valence-corrected chi connectivity index (χ3v) is 2.82. The van der Waals surface area contributed by atoms with Crippen molar-refractivity contribution in [1.82, 2.24) is 4.90 Å². The Morgan fingerprint density at radius 1 is 1.36 bits per heavy atom. The van der Waals surface area contributed by atoms with E-state index in [1.54, 1.807) is 0 Å². The molecule has 0 aromatic carbocycles. The average Bonchev–Trinajstić information content (AvgIpc) is 2.05. The van der Waals surface area contributed by atoms with Gasteiger partial charge in [-0.25, -0.2) is 0 Å². The van der Waals surface area contributed by atoms with Crippen molar-refractivity contribution in [3.8, 4) is 0 Å². The zero-order valence-electron chi connectivity index (χ0n) is 7.48. The van der Waals surface area contributed by atoms with Gasteiger partial charge in [-0.15, -0.1) is 0 Å². The van der Waals surface area contributed by atoms with E-state index in [-0.39, 0.29) is 0 Å². The minimum Gasteiger partial charge on any atom is -0.303 e. The molecule has 0 aromatic rings. The Hall–Kier alpha value is 0.790. The normalized spacial score (nSPS) is 10.9. The lowest BCUT2D eigenvalue weighted by Crippen LogP contribution is -2.27. The van der Waals surface area contributed by atoms with Crippen molar-refractivity contribution in [2.24, 2.45) is 0 Å². The first-order chi connectivity index (χ1) is 5.35. The number of alkyl halides is 1. The maximum Gasteiger partial charge on any atom is 0.00721 e. The molecule has 0 amide bonds. The third kappa shape index (κ3) is 7.16. The molecule has 0 saturated carbocycles. The summed E-state index contributed by atoms with van der Waals surface area (Å²) in [6.07, 6.45) is 3.43. The largest absolute Gasteiger partial charge is 0.303 e. The van der Waals surface area contributed by atoms with Crippen molar-refractivity contribution >= 4 is 27.7 Å². The first kappa shape index (κ1) is 11.8. The molecule has 0 aliphatic rings. The van der Waals surface area contributed by atoms with Gasteiger partial charge >= 0.3 is 0 Å². The quantitative estimate of drug-likeness (QED) is 0.629. The van der Waals surface area contributed by atoms with Crippen LogP contribution in [0.4, 0.5) is 0 Å². The van der Waals surface area contributed by atoms with E-state index < -0.39 is 0 Å². The summed E-state index contributed by atoms with van der Waals surface area (Å²) in [4.78, 5) is 2.50. The van der Waals surface area contributed by atoms with E-state index in [1.165, 1.54) is 31.8 Å². The first-order valence-corrected chi connectivity index (χ1v) is 6.64. The molecule has 0 aromatic heterocycles. The molecule has 0 saturated heterocycles. The number of hydrogen-bond donors (Lipinski definition) is 0. The van der Waals surface area contributed by atoms with Crippen LogP contribution in [0.1, 0.15) is 13.3 Å². The Labute approximate surface area is 83.0 Å². The van der Waals surface area contributed by atoms with E-state index in [0.29, 0.717) is 0 Å². The molecule has 1 nitrogen and oxygen atoms in total. The van der Waals surface area contributed by atoms with Crippen LogP contribution in [0.5, 0.6) is 0 Å². The number of nitrogens with zero attached hydrogens (tertiary/aromatic N) is 1. The van der Waals surface area contributed by atoms with Crippen LogP contribution in [0.3, 0.4) is 0 Å². The summed E-state index contributed by atoms with van der Waals surface area (Å²) in [7, 11) is 0. The predicted octanol–water partition coefficient (Wildman–Crippen LogP) is 2.46. The molecule has 0 heterocycles. The van der Waals surface area contributed by atoms with Gasteiger partial charge in [0.25, 0.3) is 0 Å². The van der Waals surface area contributed by atoms with Gasteiger partial charge in [0.05, 0.1) is 0 Å². The molecule has 0 bridgehead atoms. The van der Waals surface area contributed by atoms with Crippen molar-refractivity contribution in [2.75, 3.05) is 37.0 Å². The summed E-state index contributed by atoms with van der Waals surface area (Å²) >= 11 is 5.37. The zero-order chi connectivity index (χ0) is 8.53. The number of hydrogen-bond acceptors (Lipinski definition) is 2. The second kappa shape index (κ2) is 8.88. The van der Waals surface area contributed by atoms with Crippen molar-refractivity contribution in [3.05, 3.63) is 0 Å². The monoisotopic (exact) mass is 239 g/mol. The Morgan fingerprint density at radius 2 is 2.09 bits per heavy atom. The second-order valence-electron chi connectivity index (χ2n) is 2.47. The van der Waals surface area contributed by atoms with Gasteiger partial charge in [0.1, 0.15) is 0 Å². The predicted molar refractivity (Wildman–Crippen MR) is 58.9 cm³/mol. The van der Waals surface area contributed by atoms with Gasteiger partial charge in [0.2, 0.25) is 0 Å². The standard InChI is InChI=1S/C8H18BrNS/c1-3-10(6-4-5-9)7-8-11-2/h3-8H2,1-2H3. The molecular weight excluding hydrogens is 222 g/mol. The molecule has 0 N–H and O–H groups in total. The van der Waals surface area contributed by atoms with Crippen LogP contribution in [-0.4, -0.2) is 41.9 Å². The fourth-order valence-corrected chi connectivity index (χ4v) is 1.62. The van der Waals surface area contributed by atoms with Crippen molar-refractivity contribution < 1.29 is 0 Å². The molecule has 0 atom stereocenters. The van der Waals surface area contributed by atoms with E-state index in [0.717, 1.165) is 5.33 Å². The van der Waals surface area contributed by atoms with E-state index in [2.05, 4.69) is 34.0 Å². The average molecular weight is 240 g/mol. The molecule has 0 aliphatic carbocycles. The van der Waals surface area contributed by atoms with E-state index in [4.69, 9.17) is 0 Å². The number of thioether (sulfide) groups is 1. The van der Waals surface area contributed by atoms with Crippen molar-refractivity contribution in [1.29, 1.82) is 0 Å². The molecule has 0 spiro atoms. The smallest absolute Gasteiger partial charge is 0.00721 e. The minimum atomic E-state index is 1.13. The highest BCUT2D eigenvalue weighted by atomic mass is 79.9. The van der Waals surface area contributed by atoms with Crippen LogP contribution in [0.15, 0.2) is 0 Å². The molecular formula is C8H18BrNS. The summed E-state index contributed by atoms with van der Waals surface area (Å²) in [5.74, 6) is 1.26. The van der Waals surface area contributed by atoms with Gasteiger partial charge in [0.15, 0.2) is 0 Å². The van der Waals surface area contributed by atoms with Crippen LogP contribution in [0.25, 0.3) is 0 Å². The summed E-state index contributed by atoms with van der Waals surface area (Å²) in [6, 6.07) is 0. The van der Waals surface area contributed by atoms with Crippen LogP contribution in [0.2, 0.25) is 0 Å². The highest BCUT2D eigenvalue weighted by molar-refractivity contribution is 9.09. The van der Waals surface area contributed by atoms with Gasteiger partial charge in [0, 0.05) is 17.6 Å². The lowest BCUT2D eigenvalue weighted by atomic mass is 10.4. The lowest BCUT2D eigenvalue weighted by Gasteiger charge is -2.18. The van der Waals surface area contributed by atoms with E-state index in [9.17, 15) is 0 Å². The highest BCUT2D eigenvalue weighted by Crippen LogP contribution is 1.98. The van der Waals surface area contributed by atoms with Crippen LogP contribution in [-0.2, 0) is 0 Å². The van der Waals surface area contributed by atoms with Gasteiger partial charge in [-0.3, -0.25) is 0 Å². The summed E-state index contributed by atoms with van der Waals surface area (Å²) in [5, 5.41) is 1.13. The van der Waals surface area contributed by atoms with Crippen LogP contribution < -0.4 is 0 Å². The van der Waals surface area contributed by atoms with Crippen molar-refractivity contribution in [3.63, 3.8) is 0 Å². The summed E-state index contributed by atoms with van der Waals surface area (Å²) in [5.41, 5.74) is 0. The Morgan fingerprint density at radius 3 is 2.55 bits per heavy atom. The molecule has 0 unspecified atom stereocenters. The first-order valence-electron chi connectivity index (χ1n) is 4.12. The minimum absolute atomic E-state index is 1.13. The highest BCUT2D eigenvalue weighted by Gasteiger charge is 1.99. The SMILES string of the molecule is CCN(CCCBr)CCSC. The van der Waals surface area contributed by atoms with E-state index >= 15 is 0 Å². The Kier molecular flexibility index (Phi) is 9.52. The van der Waals surface area contributed by atoms with Gasteiger partial charge in [-0.1, -0.05) is 22.9 Å². The lowest BCUT2D eigenvalue weighted by molar-refractivity contribution is 0.308.